The summed E-state index contributed by atoms with van der Waals surface area (Å²) in [5.41, 5.74) is -0.782. The van der Waals surface area contributed by atoms with Crippen LogP contribution in [0.5, 0.6) is 5.75 Å². The first kappa shape index (κ1) is 31.7. The summed E-state index contributed by atoms with van der Waals surface area (Å²) in [7, 11) is 0. The summed E-state index contributed by atoms with van der Waals surface area (Å²) in [6, 6.07) is 11.0. The number of ether oxygens (including phenoxy) is 4. The molecule has 0 bridgehead atoms. The fourth-order valence-corrected chi connectivity index (χ4v) is 4.35. The van der Waals surface area contributed by atoms with Crippen molar-refractivity contribution in [2.45, 2.75) is 90.1 Å². The van der Waals surface area contributed by atoms with Crippen molar-refractivity contribution in [3.05, 3.63) is 64.7 Å². The van der Waals surface area contributed by atoms with Crippen LogP contribution in [0.2, 0.25) is 0 Å². The summed E-state index contributed by atoms with van der Waals surface area (Å²) in [4.78, 5) is 12.6. The van der Waals surface area contributed by atoms with Crippen LogP contribution < -0.4 is 10.1 Å². The summed E-state index contributed by atoms with van der Waals surface area (Å²) in [6.07, 6.45) is -3.88. The predicted octanol–water partition coefficient (Wildman–Crippen LogP) is 7.17. The molecule has 1 saturated heterocycles. The zero-order valence-electron chi connectivity index (χ0n) is 23.8. The number of amides is 1. The molecule has 0 aliphatic carbocycles. The quantitative estimate of drug-likeness (QED) is 0.243. The number of halogens is 4. The van der Waals surface area contributed by atoms with Gasteiger partial charge < -0.3 is 24.3 Å². The van der Waals surface area contributed by atoms with E-state index in [9.17, 15) is 22.4 Å². The minimum absolute atomic E-state index is 0.0520. The van der Waals surface area contributed by atoms with Crippen LogP contribution in [0.3, 0.4) is 0 Å². The lowest BCUT2D eigenvalue weighted by Gasteiger charge is -2.44. The molecule has 2 aromatic carbocycles. The van der Waals surface area contributed by atoms with Crippen molar-refractivity contribution in [2.75, 3.05) is 19.8 Å². The lowest BCUT2D eigenvalue weighted by Crippen LogP contribution is -2.61. The van der Waals surface area contributed by atoms with Gasteiger partial charge in [-0.25, -0.2) is 9.18 Å². The van der Waals surface area contributed by atoms with E-state index in [0.29, 0.717) is 24.0 Å². The molecule has 40 heavy (non-hydrogen) atoms. The highest BCUT2D eigenvalue weighted by molar-refractivity contribution is 5.69. The second-order valence-corrected chi connectivity index (χ2v) is 11.6. The third-order valence-electron chi connectivity index (χ3n) is 6.51. The number of carbonyl (C=O) groups is 1. The van der Waals surface area contributed by atoms with Crippen LogP contribution in [-0.4, -0.2) is 42.8 Å². The van der Waals surface area contributed by atoms with E-state index >= 15 is 0 Å². The maximum Gasteiger partial charge on any atom is 0.419 e. The lowest BCUT2D eigenvalue weighted by molar-refractivity contribution is -0.271. The molecule has 1 N–H and O–H groups in total. The van der Waals surface area contributed by atoms with Gasteiger partial charge in [0.15, 0.2) is 5.79 Å². The normalized spacial score (nSPS) is 16.8. The highest BCUT2D eigenvalue weighted by Crippen LogP contribution is 2.38. The van der Waals surface area contributed by atoms with Crippen molar-refractivity contribution < 1.29 is 41.3 Å². The summed E-state index contributed by atoms with van der Waals surface area (Å²) >= 11 is 0. The maximum absolute atomic E-state index is 14.0. The van der Waals surface area contributed by atoms with Crippen LogP contribution in [0.4, 0.5) is 22.4 Å². The molecule has 3 rings (SSSR count). The number of rotatable bonds is 10. The average molecular weight is 570 g/mol. The van der Waals surface area contributed by atoms with Gasteiger partial charge in [-0.2, -0.15) is 13.2 Å². The van der Waals surface area contributed by atoms with E-state index < -0.39 is 41.4 Å². The van der Waals surface area contributed by atoms with Crippen LogP contribution in [0.1, 0.15) is 69.7 Å². The maximum atomic E-state index is 14.0. The van der Waals surface area contributed by atoms with Gasteiger partial charge in [0, 0.05) is 0 Å². The number of carbonyl (C=O) groups excluding carboxylic acids is 1. The van der Waals surface area contributed by atoms with Gasteiger partial charge in [0.2, 0.25) is 0 Å². The molecule has 0 unspecified atom stereocenters. The Hall–Kier alpha value is -2.85. The van der Waals surface area contributed by atoms with Crippen molar-refractivity contribution in [1.29, 1.82) is 0 Å². The molecule has 0 spiro atoms. The molecular weight excluding hydrogens is 530 g/mol. The Kier molecular flexibility index (Phi) is 10.1. The van der Waals surface area contributed by atoms with Gasteiger partial charge in [0.25, 0.3) is 0 Å². The van der Waals surface area contributed by atoms with E-state index in [4.69, 9.17) is 18.9 Å². The molecule has 1 amide bonds. The van der Waals surface area contributed by atoms with Crippen molar-refractivity contribution >= 4 is 6.09 Å². The zero-order valence-corrected chi connectivity index (χ0v) is 23.8. The minimum Gasteiger partial charge on any atom is -0.493 e. The van der Waals surface area contributed by atoms with Crippen LogP contribution in [-0.2, 0) is 39.9 Å². The number of benzene rings is 2. The topological polar surface area (TPSA) is 66.0 Å². The molecule has 1 aliphatic rings. The molecule has 6 nitrogen and oxygen atoms in total. The first-order valence-corrected chi connectivity index (χ1v) is 13.4. The number of hydrogen-bond donors (Lipinski definition) is 1. The second-order valence-electron chi connectivity index (χ2n) is 11.6. The molecule has 1 heterocycles. The number of aryl methyl sites for hydroxylation is 2. The Morgan fingerprint density at radius 1 is 1.00 bits per heavy atom. The fourth-order valence-electron chi connectivity index (χ4n) is 4.35. The molecular formula is C30H39F4NO5. The molecule has 0 aromatic heterocycles. The van der Waals surface area contributed by atoms with Crippen molar-refractivity contribution in [3.63, 3.8) is 0 Å². The zero-order chi connectivity index (χ0) is 29.6. The molecule has 1 aliphatic heterocycles. The predicted molar refractivity (Wildman–Crippen MR) is 143 cm³/mol. The van der Waals surface area contributed by atoms with Gasteiger partial charge in [0.1, 0.15) is 18.0 Å². The van der Waals surface area contributed by atoms with Crippen LogP contribution in [0.15, 0.2) is 42.5 Å². The van der Waals surface area contributed by atoms with Crippen molar-refractivity contribution in [1.82, 2.24) is 5.32 Å². The van der Waals surface area contributed by atoms with Crippen LogP contribution in [0, 0.1) is 0 Å². The van der Waals surface area contributed by atoms with E-state index in [1.54, 1.807) is 65.0 Å². The summed E-state index contributed by atoms with van der Waals surface area (Å²) in [5.74, 6) is -1.11. The highest BCUT2D eigenvalue weighted by atomic mass is 19.4. The average Bonchev–Trinajstić information content (AvgIpc) is 2.86. The Balaban J connectivity index is 1.69. The van der Waals surface area contributed by atoms with Crippen LogP contribution in [0.25, 0.3) is 0 Å². The standard InChI is InChI=1S/C30H39F4NO5/c1-27(2,3)40-26(36)35-29(19-38-28(4,5)39-20-29)15-14-21-12-13-25(24(17-21)30(32,33)34)37-16-8-11-22-9-6-7-10-23(22)18-31/h6-7,9-10,12-13,17H,8,11,14-16,18-20H2,1-5H3,(H,35,36). The summed E-state index contributed by atoms with van der Waals surface area (Å²) < 4.78 is 77.5. The van der Waals surface area contributed by atoms with Gasteiger partial charge >= 0.3 is 12.3 Å². The smallest absolute Gasteiger partial charge is 0.419 e. The van der Waals surface area contributed by atoms with E-state index in [0.717, 1.165) is 11.6 Å². The molecule has 0 atom stereocenters. The Labute approximate surface area is 233 Å². The summed E-state index contributed by atoms with van der Waals surface area (Å²) in [6.45, 7) is 8.38. The molecule has 222 valence electrons. The second kappa shape index (κ2) is 12.8. The van der Waals surface area contributed by atoms with Gasteiger partial charge in [-0.3, -0.25) is 0 Å². The Bertz CT molecular complexity index is 1130. The largest absolute Gasteiger partial charge is 0.493 e. The summed E-state index contributed by atoms with van der Waals surface area (Å²) in [5, 5.41) is 2.83. The van der Waals surface area contributed by atoms with Crippen molar-refractivity contribution in [3.8, 4) is 5.75 Å². The van der Waals surface area contributed by atoms with E-state index in [1.165, 1.54) is 6.07 Å². The molecule has 0 saturated carbocycles. The molecule has 10 heteroatoms. The van der Waals surface area contributed by atoms with E-state index in [2.05, 4.69) is 5.32 Å². The first-order chi connectivity index (χ1) is 18.6. The van der Waals surface area contributed by atoms with Gasteiger partial charge in [-0.05, 0) is 89.1 Å². The third-order valence-corrected chi connectivity index (χ3v) is 6.51. The molecule has 1 fully saturated rings. The SMILES string of the molecule is CC(C)(C)OC(=O)NC1(CCc2ccc(OCCCc3ccccc3CF)c(C(F)(F)F)c2)COC(C)(C)OC1. The Morgan fingerprint density at radius 2 is 1.65 bits per heavy atom. The lowest BCUT2D eigenvalue weighted by atomic mass is 9.91. The Morgan fingerprint density at radius 3 is 2.25 bits per heavy atom. The highest BCUT2D eigenvalue weighted by Gasteiger charge is 2.42. The van der Waals surface area contributed by atoms with Crippen molar-refractivity contribution in [2.24, 2.45) is 0 Å². The fraction of sp³-hybridized carbons (Fsp3) is 0.567. The van der Waals surface area contributed by atoms with Crippen LogP contribution >= 0.6 is 0 Å². The number of nitrogens with one attached hydrogen (secondary N) is 1. The van der Waals surface area contributed by atoms with Gasteiger partial charge in [-0.15, -0.1) is 0 Å². The monoisotopic (exact) mass is 569 g/mol. The molecule has 0 radical (unpaired) electrons. The molecule has 2 aromatic rings. The van der Waals surface area contributed by atoms with E-state index in [-0.39, 0.29) is 38.4 Å². The number of alkyl carbamates (subject to hydrolysis) is 1. The van der Waals surface area contributed by atoms with Gasteiger partial charge in [-0.1, -0.05) is 30.3 Å². The van der Waals surface area contributed by atoms with Gasteiger partial charge in [0.05, 0.1) is 30.9 Å². The number of hydrogen-bond acceptors (Lipinski definition) is 5. The number of alkyl halides is 4. The minimum atomic E-state index is -4.63. The van der Waals surface area contributed by atoms with E-state index in [1.807, 2.05) is 0 Å². The first-order valence-electron chi connectivity index (χ1n) is 13.4. The third kappa shape index (κ3) is 9.37.